The summed E-state index contributed by atoms with van der Waals surface area (Å²) >= 11 is 0. The third-order valence-electron chi connectivity index (χ3n) is 3.86. The van der Waals surface area contributed by atoms with Crippen molar-refractivity contribution in [2.75, 3.05) is 20.3 Å². The predicted molar refractivity (Wildman–Crippen MR) is 104 cm³/mol. The number of nitro benzene ring substituents is 1. The second-order valence-corrected chi connectivity index (χ2v) is 5.85. The molecule has 2 aromatic carbocycles. The van der Waals surface area contributed by atoms with Gasteiger partial charge in [0.2, 0.25) is 5.75 Å². The van der Waals surface area contributed by atoms with Crippen molar-refractivity contribution in [2.24, 2.45) is 0 Å². The lowest BCUT2D eigenvalue weighted by Crippen LogP contribution is -2.25. The minimum absolute atomic E-state index is 0.0173. The summed E-state index contributed by atoms with van der Waals surface area (Å²) in [6, 6.07) is 10.8. The fourth-order valence-corrected chi connectivity index (χ4v) is 2.49. The Morgan fingerprint density at radius 2 is 1.90 bits per heavy atom. The number of amides is 1. The molecule has 0 aliphatic heterocycles. The molecule has 0 bridgehead atoms. The zero-order valence-corrected chi connectivity index (χ0v) is 16.2. The summed E-state index contributed by atoms with van der Waals surface area (Å²) in [6.07, 6.45) is 0.294. The number of ether oxygens (including phenoxy) is 3. The first kappa shape index (κ1) is 21.7. The number of para-hydroxylation sites is 1. The highest BCUT2D eigenvalue weighted by molar-refractivity contribution is 5.96. The largest absolute Gasteiger partial charge is 0.496 e. The molecular weight excluding hydrogens is 380 g/mol. The Hall–Kier alpha value is -3.62. The molecule has 0 saturated carbocycles. The van der Waals surface area contributed by atoms with Crippen LogP contribution in [-0.2, 0) is 4.79 Å². The van der Waals surface area contributed by atoms with E-state index in [0.29, 0.717) is 24.3 Å². The number of nitro groups is 1. The Morgan fingerprint density at radius 1 is 1.14 bits per heavy atom. The van der Waals surface area contributed by atoms with Crippen molar-refractivity contribution in [1.29, 1.82) is 0 Å². The Bertz CT molecular complexity index is 883. The van der Waals surface area contributed by atoms with E-state index in [1.807, 2.05) is 6.92 Å². The molecule has 0 aliphatic carbocycles. The first-order valence-corrected chi connectivity index (χ1v) is 8.99. The van der Waals surface area contributed by atoms with Crippen LogP contribution in [0.15, 0.2) is 42.5 Å². The van der Waals surface area contributed by atoms with E-state index in [0.717, 1.165) is 0 Å². The van der Waals surface area contributed by atoms with Crippen LogP contribution < -0.4 is 19.5 Å². The molecule has 0 atom stereocenters. The number of nitrogens with zero attached hydrogens (tertiary/aromatic N) is 1. The lowest BCUT2D eigenvalue weighted by molar-refractivity contribution is -0.385. The molecule has 0 aliphatic rings. The lowest BCUT2D eigenvalue weighted by atomic mass is 10.2. The summed E-state index contributed by atoms with van der Waals surface area (Å²) in [7, 11) is 1.38. The molecule has 0 heterocycles. The van der Waals surface area contributed by atoms with Crippen LogP contribution in [0.3, 0.4) is 0 Å². The van der Waals surface area contributed by atoms with E-state index in [-0.39, 0.29) is 36.1 Å². The molecule has 0 unspecified atom stereocenters. The fourth-order valence-electron chi connectivity index (χ4n) is 2.49. The van der Waals surface area contributed by atoms with Crippen molar-refractivity contribution in [3.8, 4) is 17.2 Å². The summed E-state index contributed by atoms with van der Waals surface area (Å²) in [5.41, 5.74) is 0.0457. The minimum Gasteiger partial charge on any atom is -0.496 e. The summed E-state index contributed by atoms with van der Waals surface area (Å²) < 4.78 is 15.4. The normalized spacial score (nSPS) is 10.1. The van der Waals surface area contributed by atoms with Crippen molar-refractivity contribution in [2.45, 2.75) is 19.8 Å². The number of benzene rings is 2. The van der Waals surface area contributed by atoms with Gasteiger partial charge in [-0.1, -0.05) is 12.1 Å². The molecule has 29 heavy (non-hydrogen) atoms. The highest BCUT2D eigenvalue weighted by Gasteiger charge is 2.19. The van der Waals surface area contributed by atoms with Gasteiger partial charge >= 0.3 is 11.7 Å². The molecule has 2 aromatic rings. The van der Waals surface area contributed by atoms with Crippen LogP contribution in [0.25, 0.3) is 0 Å². The van der Waals surface area contributed by atoms with Crippen LogP contribution in [0.5, 0.6) is 17.2 Å². The Kier molecular flexibility index (Phi) is 7.96. The van der Waals surface area contributed by atoms with E-state index in [1.165, 1.54) is 25.3 Å². The van der Waals surface area contributed by atoms with Gasteiger partial charge in [0.25, 0.3) is 5.91 Å². The maximum atomic E-state index is 12.3. The van der Waals surface area contributed by atoms with E-state index < -0.39 is 10.9 Å². The van der Waals surface area contributed by atoms with Crippen LogP contribution in [-0.4, -0.2) is 37.1 Å². The molecular formula is C20H22N2O7. The lowest BCUT2D eigenvalue weighted by Gasteiger charge is -2.10. The van der Waals surface area contributed by atoms with E-state index in [9.17, 15) is 19.7 Å². The average Bonchev–Trinajstić information content (AvgIpc) is 2.71. The van der Waals surface area contributed by atoms with Crippen LogP contribution in [0, 0.1) is 10.1 Å². The quantitative estimate of drug-likeness (QED) is 0.213. The van der Waals surface area contributed by atoms with Crippen molar-refractivity contribution < 1.29 is 28.7 Å². The van der Waals surface area contributed by atoms with Crippen LogP contribution in [0.4, 0.5) is 5.69 Å². The van der Waals surface area contributed by atoms with Gasteiger partial charge in [-0.25, -0.2) is 0 Å². The summed E-state index contributed by atoms with van der Waals surface area (Å²) in [5, 5.41) is 13.8. The zero-order chi connectivity index (χ0) is 21.2. The number of esters is 1. The summed E-state index contributed by atoms with van der Waals surface area (Å²) in [5.74, 6) is -0.337. The standard InChI is InChI=1S/C20H22N2O7/c1-3-28-17-8-5-4-7-15(17)20(24)21-12-6-9-19(23)29-18-11-10-14(27-2)13-16(18)22(25)26/h4-5,7-8,10-11,13H,3,6,9,12H2,1-2H3,(H,21,24). The summed E-state index contributed by atoms with van der Waals surface area (Å²) in [6.45, 7) is 2.50. The van der Waals surface area contributed by atoms with Gasteiger partial charge in [-0.15, -0.1) is 0 Å². The molecule has 0 radical (unpaired) electrons. The molecule has 0 aromatic heterocycles. The molecule has 9 nitrogen and oxygen atoms in total. The predicted octanol–water partition coefficient (Wildman–Crippen LogP) is 3.12. The SMILES string of the molecule is CCOc1ccccc1C(=O)NCCCC(=O)Oc1ccc(OC)cc1[N+](=O)[O-]. The van der Waals surface area contributed by atoms with Gasteiger partial charge in [-0.3, -0.25) is 19.7 Å². The van der Waals surface area contributed by atoms with Gasteiger partial charge in [-0.2, -0.15) is 0 Å². The van der Waals surface area contributed by atoms with E-state index in [2.05, 4.69) is 5.32 Å². The van der Waals surface area contributed by atoms with Gasteiger partial charge in [0.15, 0.2) is 0 Å². The van der Waals surface area contributed by atoms with Gasteiger partial charge in [0.1, 0.15) is 11.5 Å². The van der Waals surface area contributed by atoms with Gasteiger partial charge in [0.05, 0.1) is 30.3 Å². The molecule has 0 saturated heterocycles. The highest BCUT2D eigenvalue weighted by atomic mass is 16.6. The topological polar surface area (TPSA) is 117 Å². The molecule has 1 N–H and O–H groups in total. The smallest absolute Gasteiger partial charge is 0.315 e. The first-order chi connectivity index (χ1) is 14.0. The Morgan fingerprint density at radius 3 is 2.59 bits per heavy atom. The van der Waals surface area contributed by atoms with Gasteiger partial charge in [-0.05, 0) is 37.6 Å². The second-order valence-electron chi connectivity index (χ2n) is 5.85. The number of methoxy groups -OCH3 is 1. The number of hydrogen-bond acceptors (Lipinski definition) is 7. The monoisotopic (exact) mass is 402 g/mol. The zero-order valence-electron chi connectivity index (χ0n) is 16.2. The Balaban J connectivity index is 1.85. The maximum absolute atomic E-state index is 12.3. The third-order valence-corrected chi connectivity index (χ3v) is 3.86. The molecule has 2 rings (SSSR count). The van der Waals surface area contributed by atoms with Crippen LogP contribution in [0.1, 0.15) is 30.1 Å². The van der Waals surface area contributed by atoms with Gasteiger partial charge in [0, 0.05) is 13.0 Å². The number of carbonyl (C=O) groups excluding carboxylic acids is 2. The number of nitrogens with one attached hydrogen (secondary N) is 1. The average molecular weight is 402 g/mol. The maximum Gasteiger partial charge on any atom is 0.315 e. The third kappa shape index (κ3) is 6.20. The molecule has 1 amide bonds. The highest BCUT2D eigenvalue weighted by Crippen LogP contribution is 2.31. The second kappa shape index (κ2) is 10.6. The molecule has 0 spiro atoms. The first-order valence-electron chi connectivity index (χ1n) is 8.99. The molecule has 0 fully saturated rings. The van der Waals surface area contributed by atoms with Crippen molar-refractivity contribution in [1.82, 2.24) is 5.32 Å². The van der Waals surface area contributed by atoms with E-state index in [1.54, 1.807) is 24.3 Å². The summed E-state index contributed by atoms with van der Waals surface area (Å²) in [4.78, 5) is 34.7. The van der Waals surface area contributed by atoms with Crippen LogP contribution >= 0.6 is 0 Å². The van der Waals surface area contributed by atoms with Crippen molar-refractivity contribution in [3.05, 3.63) is 58.1 Å². The Labute approximate surface area is 167 Å². The van der Waals surface area contributed by atoms with Crippen molar-refractivity contribution in [3.63, 3.8) is 0 Å². The van der Waals surface area contributed by atoms with E-state index >= 15 is 0 Å². The fraction of sp³-hybridized carbons (Fsp3) is 0.300. The van der Waals surface area contributed by atoms with E-state index in [4.69, 9.17) is 14.2 Å². The van der Waals surface area contributed by atoms with Gasteiger partial charge < -0.3 is 19.5 Å². The van der Waals surface area contributed by atoms with Crippen LogP contribution in [0.2, 0.25) is 0 Å². The number of carbonyl (C=O) groups is 2. The number of rotatable bonds is 10. The number of hydrogen-bond donors (Lipinski definition) is 1. The van der Waals surface area contributed by atoms with Crippen molar-refractivity contribution >= 4 is 17.6 Å². The minimum atomic E-state index is -0.652. The molecule has 9 heteroatoms. The molecule has 154 valence electrons.